The van der Waals surface area contributed by atoms with Crippen LogP contribution in [0.1, 0.15) is 76.4 Å². The van der Waals surface area contributed by atoms with Gasteiger partial charge in [-0.2, -0.15) is 13.2 Å². The molecule has 2 aromatic carbocycles. The molecule has 1 atom stereocenters. The highest BCUT2D eigenvalue weighted by Crippen LogP contribution is 2.65. The molecule has 0 spiro atoms. The zero-order chi connectivity index (χ0) is 23.8. The maximum atomic E-state index is 13.9. The van der Waals surface area contributed by atoms with E-state index in [-0.39, 0.29) is 17.4 Å². The van der Waals surface area contributed by atoms with Crippen LogP contribution in [0, 0.1) is 29.0 Å². The van der Waals surface area contributed by atoms with Crippen LogP contribution in [0.3, 0.4) is 0 Å². The van der Waals surface area contributed by atoms with Gasteiger partial charge in [-0.05, 0) is 92.0 Å². The number of anilines is 1. The van der Waals surface area contributed by atoms with Crippen LogP contribution in [-0.2, 0) is 6.18 Å². The molecular formula is C26H24F4N2O2. The molecule has 4 fully saturated rings. The molecule has 1 aliphatic heterocycles. The van der Waals surface area contributed by atoms with Crippen LogP contribution < -0.4 is 10.6 Å². The Morgan fingerprint density at radius 2 is 1.65 bits per heavy atom. The lowest BCUT2D eigenvalue weighted by Crippen LogP contribution is -2.51. The summed E-state index contributed by atoms with van der Waals surface area (Å²) in [4.78, 5) is 25.8. The predicted molar refractivity (Wildman–Crippen MR) is 117 cm³/mol. The number of halogens is 4. The molecule has 7 rings (SSSR count). The molecule has 5 aliphatic rings. The highest BCUT2D eigenvalue weighted by Gasteiger charge is 2.57. The number of carbonyl (C=O) groups excluding carboxylic acids is 2. The maximum Gasteiger partial charge on any atom is 0.416 e. The monoisotopic (exact) mass is 472 g/mol. The van der Waals surface area contributed by atoms with E-state index in [1.165, 1.54) is 19.3 Å². The number of benzene rings is 2. The lowest BCUT2D eigenvalue weighted by atomic mass is 9.47. The molecule has 34 heavy (non-hydrogen) atoms. The quantitative estimate of drug-likeness (QED) is 0.531. The van der Waals surface area contributed by atoms with Gasteiger partial charge >= 0.3 is 6.18 Å². The molecule has 2 aromatic rings. The van der Waals surface area contributed by atoms with Crippen molar-refractivity contribution in [3.8, 4) is 0 Å². The minimum Gasteiger partial charge on any atom is -0.345 e. The largest absolute Gasteiger partial charge is 0.416 e. The van der Waals surface area contributed by atoms with Gasteiger partial charge < -0.3 is 10.6 Å². The first-order valence-corrected chi connectivity index (χ1v) is 11.7. The average Bonchev–Trinajstić information content (AvgIpc) is 3.10. The summed E-state index contributed by atoms with van der Waals surface area (Å²) >= 11 is 0. The Hall–Kier alpha value is -2.90. The van der Waals surface area contributed by atoms with E-state index >= 15 is 0 Å². The molecule has 0 aromatic heterocycles. The number of carbonyl (C=O) groups is 2. The van der Waals surface area contributed by atoms with Crippen molar-refractivity contribution >= 4 is 17.5 Å². The van der Waals surface area contributed by atoms with E-state index in [1.807, 2.05) is 0 Å². The van der Waals surface area contributed by atoms with E-state index in [9.17, 15) is 27.2 Å². The molecule has 8 heteroatoms. The van der Waals surface area contributed by atoms with Crippen LogP contribution >= 0.6 is 0 Å². The smallest absolute Gasteiger partial charge is 0.345 e. The molecule has 2 N–H and O–H groups in total. The molecule has 0 saturated heterocycles. The summed E-state index contributed by atoms with van der Waals surface area (Å²) < 4.78 is 53.3. The van der Waals surface area contributed by atoms with E-state index in [4.69, 9.17) is 0 Å². The fourth-order valence-electron chi connectivity index (χ4n) is 7.53. The molecule has 4 nitrogen and oxygen atoms in total. The van der Waals surface area contributed by atoms with E-state index in [1.54, 1.807) is 18.2 Å². The topological polar surface area (TPSA) is 58.2 Å². The van der Waals surface area contributed by atoms with Crippen molar-refractivity contribution in [3.63, 3.8) is 0 Å². The maximum absolute atomic E-state index is 13.9. The lowest BCUT2D eigenvalue weighted by Gasteiger charge is -2.59. The van der Waals surface area contributed by atoms with Crippen molar-refractivity contribution in [3.05, 3.63) is 64.5 Å². The van der Waals surface area contributed by atoms with Crippen molar-refractivity contribution in [1.82, 2.24) is 5.32 Å². The fourth-order valence-corrected chi connectivity index (χ4v) is 7.53. The molecule has 0 radical (unpaired) electrons. The summed E-state index contributed by atoms with van der Waals surface area (Å²) in [6.45, 7) is 0. The van der Waals surface area contributed by atoms with Gasteiger partial charge in [-0.15, -0.1) is 0 Å². The van der Waals surface area contributed by atoms with Crippen molar-refractivity contribution in [2.75, 3.05) is 5.32 Å². The molecule has 178 valence electrons. The van der Waals surface area contributed by atoms with Crippen molar-refractivity contribution in [1.29, 1.82) is 0 Å². The second-order valence-electron chi connectivity index (χ2n) is 10.6. The van der Waals surface area contributed by atoms with Crippen molar-refractivity contribution in [2.24, 2.45) is 23.2 Å². The molecular weight excluding hydrogens is 448 g/mol. The van der Waals surface area contributed by atoms with Gasteiger partial charge in [-0.3, -0.25) is 9.59 Å². The highest BCUT2D eigenvalue weighted by atomic mass is 19.4. The molecule has 4 aliphatic carbocycles. The number of rotatable bonds is 3. The zero-order valence-electron chi connectivity index (χ0n) is 18.3. The van der Waals surface area contributed by atoms with E-state index in [2.05, 4.69) is 10.6 Å². The van der Waals surface area contributed by atoms with Gasteiger partial charge in [0.1, 0.15) is 5.82 Å². The third-order valence-electron chi connectivity index (χ3n) is 8.35. The first-order valence-electron chi connectivity index (χ1n) is 11.7. The van der Waals surface area contributed by atoms with Gasteiger partial charge in [-0.1, -0.05) is 6.07 Å². The van der Waals surface area contributed by atoms with Gasteiger partial charge in [0, 0.05) is 22.4 Å². The number of amides is 2. The third kappa shape index (κ3) is 3.41. The van der Waals surface area contributed by atoms with Crippen molar-refractivity contribution in [2.45, 2.75) is 50.7 Å². The second-order valence-corrected chi connectivity index (χ2v) is 10.6. The number of nitrogens with one attached hydrogen (secondary N) is 2. The number of alkyl halides is 3. The van der Waals surface area contributed by atoms with Crippen LogP contribution in [0.2, 0.25) is 0 Å². The number of hydrogen-bond acceptors (Lipinski definition) is 2. The first-order chi connectivity index (χ1) is 16.1. The summed E-state index contributed by atoms with van der Waals surface area (Å²) in [6.07, 6.45) is 2.05. The standard InChI is InChI=1S/C26H24F4N2O2/c27-18-8-16(7-17(9-18)26(28,29)30)23(33)31-20-3-1-2-19-21(20)22(32-24(19)34)25-10-13-4-14(11-25)6-15(5-13)12-25/h1-3,7-9,13-15,22H,4-6,10-12H2,(H,31,33)(H,32,34)/t13?,14?,15?,22-,25?/m1/s1. The number of hydrogen-bond donors (Lipinski definition) is 2. The minimum atomic E-state index is -4.77. The Kier molecular flexibility index (Phi) is 4.64. The Balaban J connectivity index is 1.36. The Morgan fingerprint density at radius 3 is 2.26 bits per heavy atom. The van der Waals surface area contributed by atoms with E-state index in [0.29, 0.717) is 46.7 Å². The van der Waals surface area contributed by atoms with Crippen LogP contribution in [-0.4, -0.2) is 11.8 Å². The van der Waals surface area contributed by atoms with Crippen molar-refractivity contribution < 1.29 is 27.2 Å². The first kappa shape index (κ1) is 21.6. The molecule has 4 saturated carbocycles. The van der Waals surface area contributed by atoms with Gasteiger partial charge in [0.05, 0.1) is 11.6 Å². The summed E-state index contributed by atoms with van der Waals surface area (Å²) in [7, 11) is 0. The van der Waals surface area contributed by atoms with Crippen LogP contribution in [0.5, 0.6) is 0 Å². The second kappa shape index (κ2) is 7.30. The summed E-state index contributed by atoms with van der Waals surface area (Å²) in [5, 5.41) is 5.85. The average molecular weight is 472 g/mol. The lowest BCUT2D eigenvalue weighted by molar-refractivity contribution is -0.137. The van der Waals surface area contributed by atoms with E-state index in [0.717, 1.165) is 25.3 Å². The SMILES string of the molecule is O=C(Nc1cccc2c1[C@H](C13CC4CC(CC(C4)C1)C3)NC2=O)c1cc(F)cc(C(F)(F)F)c1. The third-order valence-corrected chi connectivity index (χ3v) is 8.35. The summed E-state index contributed by atoms with van der Waals surface area (Å²) in [6, 6.07) is 6.55. The minimum absolute atomic E-state index is 0.0706. The van der Waals surface area contributed by atoms with Gasteiger partial charge in [-0.25, -0.2) is 4.39 Å². The zero-order valence-corrected chi connectivity index (χ0v) is 18.3. The number of fused-ring (bicyclic) bond motifs is 1. The van der Waals surface area contributed by atoms with Gasteiger partial charge in [0.2, 0.25) is 0 Å². The summed E-state index contributed by atoms with van der Waals surface area (Å²) in [5.41, 5.74) is -0.144. The summed E-state index contributed by atoms with van der Waals surface area (Å²) in [5.74, 6) is -0.216. The normalized spacial score (nSPS) is 31.4. The van der Waals surface area contributed by atoms with Crippen LogP contribution in [0.25, 0.3) is 0 Å². The van der Waals surface area contributed by atoms with Crippen LogP contribution in [0.15, 0.2) is 36.4 Å². The van der Waals surface area contributed by atoms with E-state index < -0.39 is 29.0 Å². The van der Waals surface area contributed by atoms with Gasteiger partial charge in [0.25, 0.3) is 11.8 Å². The predicted octanol–water partition coefficient (Wildman–Crippen LogP) is 6.10. The van der Waals surface area contributed by atoms with Gasteiger partial charge in [0.15, 0.2) is 0 Å². The highest BCUT2D eigenvalue weighted by molar-refractivity contribution is 6.07. The molecule has 2 amide bonds. The Labute approximate surface area is 194 Å². The molecule has 0 unspecified atom stereocenters. The Morgan fingerprint density at radius 1 is 1.00 bits per heavy atom. The molecule has 4 bridgehead atoms. The fraction of sp³-hybridized carbons (Fsp3) is 0.462. The molecule has 1 heterocycles. The Bertz CT molecular complexity index is 1170. The van der Waals surface area contributed by atoms with Crippen LogP contribution in [0.4, 0.5) is 23.2 Å².